The van der Waals surface area contributed by atoms with E-state index in [9.17, 15) is 0 Å². The van der Waals surface area contributed by atoms with Crippen LogP contribution < -0.4 is 4.90 Å². The average Bonchev–Trinajstić information content (AvgIpc) is 3.07. The van der Waals surface area contributed by atoms with Gasteiger partial charge in [0.25, 0.3) is 0 Å². The first-order valence-corrected chi connectivity index (χ1v) is 10.3. The van der Waals surface area contributed by atoms with E-state index in [1.54, 1.807) is 11.8 Å². The summed E-state index contributed by atoms with van der Waals surface area (Å²) < 4.78 is 2.21. The van der Waals surface area contributed by atoms with Crippen molar-refractivity contribution in [3.8, 4) is 5.69 Å². The van der Waals surface area contributed by atoms with Gasteiger partial charge in [0, 0.05) is 25.4 Å². The lowest BCUT2D eigenvalue weighted by Gasteiger charge is -2.27. The molecule has 1 aliphatic rings. The summed E-state index contributed by atoms with van der Waals surface area (Å²) in [5, 5.41) is 18.9. The van der Waals surface area contributed by atoms with Gasteiger partial charge in [-0.2, -0.15) is 0 Å². The van der Waals surface area contributed by atoms with Crippen molar-refractivity contribution in [3.05, 3.63) is 29.8 Å². The first kappa shape index (κ1) is 18.3. The molecule has 3 rings (SSSR count). The number of piperidine rings is 1. The maximum atomic E-state index is 8.91. The van der Waals surface area contributed by atoms with E-state index in [2.05, 4.69) is 50.9 Å². The van der Waals surface area contributed by atoms with Crippen molar-refractivity contribution in [1.29, 1.82) is 0 Å². The number of aliphatic hydroxyl groups excluding tert-OH is 1. The second kappa shape index (κ2) is 9.25. The fourth-order valence-electron chi connectivity index (χ4n) is 3.13. The van der Waals surface area contributed by atoms with E-state index >= 15 is 0 Å². The second-order valence-electron chi connectivity index (χ2n) is 6.63. The van der Waals surface area contributed by atoms with Gasteiger partial charge in [0.1, 0.15) is 0 Å². The van der Waals surface area contributed by atoms with Crippen LogP contribution in [0.15, 0.2) is 29.4 Å². The third-order valence-corrected chi connectivity index (χ3v) is 5.60. The molecule has 2 aromatic rings. The van der Waals surface area contributed by atoms with Crippen LogP contribution in [-0.2, 0) is 0 Å². The van der Waals surface area contributed by atoms with E-state index in [1.807, 2.05) is 0 Å². The third-order valence-electron chi connectivity index (χ3n) is 4.58. The highest BCUT2D eigenvalue weighted by atomic mass is 32.2. The molecule has 25 heavy (non-hydrogen) atoms. The van der Waals surface area contributed by atoms with Crippen molar-refractivity contribution in [3.63, 3.8) is 0 Å². The Morgan fingerprint density at radius 3 is 2.48 bits per heavy atom. The van der Waals surface area contributed by atoms with E-state index in [0.29, 0.717) is 0 Å². The number of unbranched alkanes of at least 4 members (excludes halogenated alkanes) is 2. The number of hydrogen-bond acceptors (Lipinski definition) is 5. The molecular weight excluding hydrogens is 332 g/mol. The SMILES string of the molecule is Cc1ccc(-n2c(SCCCCCO)nnc2N2CCCCC2)cc1. The molecule has 0 bridgehead atoms. The topological polar surface area (TPSA) is 54.2 Å². The molecular formula is C19H28N4OS. The smallest absolute Gasteiger partial charge is 0.232 e. The molecule has 1 aromatic carbocycles. The monoisotopic (exact) mass is 360 g/mol. The maximum Gasteiger partial charge on any atom is 0.232 e. The molecule has 0 radical (unpaired) electrons. The van der Waals surface area contributed by atoms with Gasteiger partial charge >= 0.3 is 0 Å². The van der Waals surface area contributed by atoms with Crippen molar-refractivity contribution in [2.24, 2.45) is 0 Å². The molecule has 0 unspecified atom stereocenters. The van der Waals surface area contributed by atoms with Crippen LogP contribution in [0.4, 0.5) is 5.95 Å². The van der Waals surface area contributed by atoms with Crippen molar-refractivity contribution < 1.29 is 5.11 Å². The molecule has 0 aliphatic carbocycles. The first-order valence-electron chi connectivity index (χ1n) is 9.30. The van der Waals surface area contributed by atoms with Gasteiger partial charge in [-0.25, -0.2) is 0 Å². The van der Waals surface area contributed by atoms with Gasteiger partial charge in [0.15, 0.2) is 5.16 Å². The Bertz CT molecular complexity index is 650. The molecule has 5 nitrogen and oxygen atoms in total. The first-order chi connectivity index (χ1) is 12.3. The summed E-state index contributed by atoms with van der Waals surface area (Å²) in [6.07, 6.45) is 6.78. The number of aromatic nitrogens is 3. The lowest BCUT2D eigenvalue weighted by Crippen LogP contribution is -2.31. The molecule has 1 aliphatic heterocycles. The van der Waals surface area contributed by atoms with E-state index < -0.39 is 0 Å². The Kier molecular flexibility index (Phi) is 6.76. The molecule has 1 aromatic heterocycles. The zero-order valence-electron chi connectivity index (χ0n) is 15.0. The number of hydrogen-bond donors (Lipinski definition) is 1. The Labute approximate surface area is 154 Å². The van der Waals surface area contributed by atoms with Crippen molar-refractivity contribution in [2.75, 3.05) is 30.3 Å². The summed E-state index contributed by atoms with van der Waals surface area (Å²) >= 11 is 1.76. The summed E-state index contributed by atoms with van der Waals surface area (Å²) in [5.41, 5.74) is 2.39. The summed E-state index contributed by atoms with van der Waals surface area (Å²) in [4.78, 5) is 2.37. The number of benzene rings is 1. The molecule has 2 heterocycles. The van der Waals surface area contributed by atoms with Gasteiger partial charge in [-0.3, -0.25) is 4.57 Å². The zero-order chi connectivity index (χ0) is 17.5. The van der Waals surface area contributed by atoms with Crippen LogP contribution in [0.5, 0.6) is 0 Å². The molecule has 0 spiro atoms. The summed E-state index contributed by atoms with van der Waals surface area (Å²) in [7, 11) is 0. The van der Waals surface area contributed by atoms with E-state index in [-0.39, 0.29) is 6.61 Å². The van der Waals surface area contributed by atoms with Crippen molar-refractivity contribution in [1.82, 2.24) is 14.8 Å². The number of nitrogens with zero attached hydrogens (tertiary/aromatic N) is 4. The highest BCUT2D eigenvalue weighted by Gasteiger charge is 2.21. The molecule has 1 N–H and O–H groups in total. The third kappa shape index (κ3) is 4.76. The van der Waals surface area contributed by atoms with Crippen LogP contribution in [0.25, 0.3) is 5.69 Å². The van der Waals surface area contributed by atoms with Gasteiger partial charge in [-0.15, -0.1) is 10.2 Å². The van der Waals surface area contributed by atoms with Crippen molar-refractivity contribution in [2.45, 2.75) is 50.6 Å². The summed E-state index contributed by atoms with van der Waals surface area (Å²) in [6, 6.07) is 8.60. The fourth-order valence-corrected chi connectivity index (χ4v) is 4.07. The van der Waals surface area contributed by atoms with Crippen LogP contribution in [0.2, 0.25) is 0 Å². The molecule has 0 saturated carbocycles. The minimum absolute atomic E-state index is 0.281. The molecule has 0 amide bonds. The minimum Gasteiger partial charge on any atom is -0.396 e. The normalized spacial score (nSPS) is 14.9. The second-order valence-corrected chi connectivity index (χ2v) is 7.70. The van der Waals surface area contributed by atoms with Gasteiger partial charge < -0.3 is 10.0 Å². The predicted molar refractivity (Wildman–Crippen MR) is 104 cm³/mol. The van der Waals surface area contributed by atoms with E-state index in [0.717, 1.165) is 54.9 Å². The van der Waals surface area contributed by atoms with Crippen molar-refractivity contribution >= 4 is 17.7 Å². The predicted octanol–water partition coefficient (Wildman–Crippen LogP) is 3.82. The van der Waals surface area contributed by atoms with Gasteiger partial charge in [-0.05, 0) is 51.2 Å². The van der Waals surface area contributed by atoms with Crippen LogP contribution in [-0.4, -0.2) is 45.3 Å². The Balaban J connectivity index is 1.81. The number of thioether (sulfide) groups is 1. The Morgan fingerprint density at radius 1 is 1.00 bits per heavy atom. The Hall–Kier alpha value is -1.53. The molecule has 6 heteroatoms. The van der Waals surface area contributed by atoms with Crippen LogP contribution in [0.1, 0.15) is 44.1 Å². The maximum absolute atomic E-state index is 8.91. The van der Waals surface area contributed by atoms with E-state index in [1.165, 1.54) is 24.8 Å². The largest absolute Gasteiger partial charge is 0.396 e. The lowest BCUT2D eigenvalue weighted by molar-refractivity contribution is 0.284. The highest BCUT2D eigenvalue weighted by molar-refractivity contribution is 7.99. The number of rotatable bonds is 8. The van der Waals surface area contributed by atoms with Gasteiger partial charge in [0.05, 0.1) is 5.69 Å². The van der Waals surface area contributed by atoms with Gasteiger partial charge in [-0.1, -0.05) is 35.9 Å². The average molecular weight is 361 g/mol. The number of aliphatic hydroxyl groups is 1. The van der Waals surface area contributed by atoms with Gasteiger partial charge in [0.2, 0.25) is 5.95 Å². The molecule has 136 valence electrons. The molecule has 1 fully saturated rings. The molecule has 1 saturated heterocycles. The molecule has 0 atom stereocenters. The zero-order valence-corrected chi connectivity index (χ0v) is 15.8. The number of aryl methyl sites for hydroxylation is 1. The number of anilines is 1. The fraction of sp³-hybridized carbons (Fsp3) is 0.579. The lowest BCUT2D eigenvalue weighted by atomic mass is 10.1. The van der Waals surface area contributed by atoms with Crippen LogP contribution >= 0.6 is 11.8 Å². The quantitative estimate of drug-likeness (QED) is 0.573. The minimum atomic E-state index is 0.281. The summed E-state index contributed by atoms with van der Waals surface area (Å²) in [5.74, 6) is 1.98. The van der Waals surface area contributed by atoms with Crippen LogP contribution in [0, 0.1) is 6.92 Å². The highest BCUT2D eigenvalue weighted by Crippen LogP contribution is 2.29. The standard InChI is InChI=1S/C19H28N4OS/c1-16-8-10-17(11-9-16)23-18(22-12-4-2-5-13-22)20-21-19(23)25-15-7-3-6-14-24/h8-11,24H,2-7,12-15H2,1H3. The van der Waals surface area contributed by atoms with E-state index in [4.69, 9.17) is 5.11 Å². The summed E-state index contributed by atoms with van der Waals surface area (Å²) in [6.45, 7) is 4.51. The Morgan fingerprint density at radius 2 is 1.76 bits per heavy atom. The van der Waals surface area contributed by atoms with Crippen LogP contribution in [0.3, 0.4) is 0 Å².